The predicted octanol–water partition coefficient (Wildman–Crippen LogP) is 6.90. The van der Waals surface area contributed by atoms with Gasteiger partial charge in [-0.25, -0.2) is 4.39 Å². The molecular formula is C32H30FNO4. The lowest BCUT2D eigenvalue weighted by Crippen LogP contribution is -2.28. The number of benzene rings is 4. The Labute approximate surface area is 221 Å². The lowest BCUT2D eigenvalue weighted by atomic mass is 9.87. The van der Waals surface area contributed by atoms with Crippen molar-refractivity contribution in [3.8, 4) is 22.6 Å². The normalized spacial score (nSPS) is 18.1. The van der Waals surface area contributed by atoms with E-state index in [2.05, 4.69) is 0 Å². The number of carbonyl (C=O) groups excluding carboxylic acids is 1. The third-order valence-corrected chi connectivity index (χ3v) is 7.32. The molecule has 0 saturated carbocycles. The molecule has 5 nitrogen and oxygen atoms in total. The minimum absolute atomic E-state index is 0.0426. The third kappa shape index (κ3) is 5.41. The summed E-state index contributed by atoms with van der Waals surface area (Å²) in [5.41, 5.74) is 4.08. The number of carbonyl (C=O) groups is 1. The number of amides is 1. The van der Waals surface area contributed by atoms with E-state index in [0.29, 0.717) is 36.8 Å². The maximum Gasteiger partial charge on any atom is 0.227 e. The molecule has 1 saturated heterocycles. The van der Waals surface area contributed by atoms with Crippen LogP contribution < -0.4 is 4.90 Å². The van der Waals surface area contributed by atoms with E-state index in [9.17, 15) is 24.5 Å². The van der Waals surface area contributed by atoms with Crippen LogP contribution in [0.25, 0.3) is 11.1 Å². The van der Waals surface area contributed by atoms with E-state index in [1.807, 2.05) is 54.6 Å². The highest BCUT2D eigenvalue weighted by atomic mass is 19.1. The molecule has 1 aliphatic heterocycles. The molecule has 5 rings (SSSR count). The quantitative estimate of drug-likeness (QED) is 0.240. The van der Waals surface area contributed by atoms with Gasteiger partial charge in [-0.05, 0) is 71.8 Å². The number of aromatic hydroxyl groups is 2. The molecule has 0 bridgehead atoms. The SMILES string of the molecule is O=C1C[C@H](CCC[C@@H](O)c2ccc(F)cc2)[C@@H](c2ccc(O)cc2O)N1c1ccc(-c2ccccc2)cc1. The third-order valence-electron chi connectivity index (χ3n) is 7.32. The molecule has 6 heteroatoms. The Kier molecular flexibility index (Phi) is 7.43. The highest BCUT2D eigenvalue weighted by Gasteiger charge is 2.42. The molecule has 38 heavy (non-hydrogen) atoms. The van der Waals surface area contributed by atoms with Crippen molar-refractivity contribution in [2.75, 3.05) is 4.90 Å². The summed E-state index contributed by atoms with van der Waals surface area (Å²) in [4.78, 5) is 15.1. The summed E-state index contributed by atoms with van der Waals surface area (Å²) < 4.78 is 13.2. The zero-order valence-electron chi connectivity index (χ0n) is 20.9. The van der Waals surface area contributed by atoms with Crippen LogP contribution in [-0.4, -0.2) is 21.2 Å². The van der Waals surface area contributed by atoms with Crippen LogP contribution in [0.2, 0.25) is 0 Å². The van der Waals surface area contributed by atoms with Crippen LogP contribution in [0.15, 0.2) is 97.1 Å². The number of aliphatic hydroxyl groups is 1. The smallest absolute Gasteiger partial charge is 0.227 e. The van der Waals surface area contributed by atoms with Crippen LogP contribution in [0, 0.1) is 11.7 Å². The number of phenolic OH excluding ortho intramolecular Hbond substituents is 2. The first-order valence-corrected chi connectivity index (χ1v) is 12.8. The molecule has 0 radical (unpaired) electrons. The summed E-state index contributed by atoms with van der Waals surface area (Å²) >= 11 is 0. The molecular weight excluding hydrogens is 481 g/mol. The number of anilines is 1. The largest absolute Gasteiger partial charge is 0.508 e. The van der Waals surface area contributed by atoms with E-state index < -0.39 is 12.1 Å². The van der Waals surface area contributed by atoms with Gasteiger partial charge in [0.05, 0.1) is 12.1 Å². The highest BCUT2D eigenvalue weighted by molar-refractivity contribution is 5.97. The summed E-state index contributed by atoms with van der Waals surface area (Å²) in [5.74, 6) is -0.606. The van der Waals surface area contributed by atoms with Gasteiger partial charge in [0.15, 0.2) is 0 Å². The molecule has 0 spiro atoms. The van der Waals surface area contributed by atoms with Crippen LogP contribution in [-0.2, 0) is 4.79 Å². The van der Waals surface area contributed by atoms with Crippen LogP contribution in [0.3, 0.4) is 0 Å². The second kappa shape index (κ2) is 11.1. The minimum atomic E-state index is -0.727. The van der Waals surface area contributed by atoms with Crippen molar-refractivity contribution in [2.45, 2.75) is 37.8 Å². The number of rotatable bonds is 8. The van der Waals surface area contributed by atoms with Crippen molar-refractivity contribution in [3.05, 3.63) is 114 Å². The molecule has 1 amide bonds. The van der Waals surface area contributed by atoms with Gasteiger partial charge in [-0.2, -0.15) is 0 Å². The van der Waals surface area contributed by atoms with Crippen molar-refractivity contribution >= 4 is 11.6 Å². The van der Waals surface area contributed by atoms with Gasteiger partial charge in [0, 0.05) is 23.7 Å². The van der Waals surface area contributed by atoms with E-state index >= 15 is 0 Å². The maximum atomic E-state index is 13.4. The number of halogens is 1. The summed E-state index contributed by atoms with van der Waals surface area (Å²) in [5, 5.41) is 31.2. The Bertz CT molecular complexity index is 1390. The Balaban J connectivity index is 1.38. The van der Waals surface area contributed by atoms with Gasteiger partial charge >= 0.3 is 0 Å². The van der Waals surface area contributed by atoms with Crippen LogP contribution >= 0.6 is 0 Å². The first-order chi connectivity index (χ1) is 18.4. The van der Waals surface area contributed by atoms with Crippen molar-refractivity contribution < 1.29 is 24.5 Å². The lowest BCUT2D eigenvalue weighted by Gasteiger charge is -2.30. The fraction of sp³-hybridized carbons (Fsp3) is 0.219. The zero-order chi connectivity index (χ0) is 26.6. The molecule has 3 N–H and O–H groups in total. The van der Waals surface area contributed by atoms with E-state index in [4.69, 9.17) is 0 Å². The summed E-state index contributed by atoms with van der Waals surface area (Å²) in [6.45, 7) is 0. The molecule has 1 aliphatic rings. The summed E-state index contributed by atoms with van der Waals surface area (Å²) in [7, 11) is 0. The molecule has 0 aliphatic carbocycles. The van der Waals surface area contributed by atoms with Crippen molar-refractivity contribution in [2.24, 2.45) is 5.92 Å². The first-order valence-electron chi connectivity index (χ1n) is 12.8. The average Bonchev–Trinajstić information content (AvgIpc) is 3.25. The maximum absolute atomic E-state index is 13.4. The molecule has 0 aromatic heterocycles. The Morgan fingerprint density at radius 3 is 2.24 bits per heavy atom. The Morgan fingerprint density at radius 2 is 1.55 bits per heavy atom. The minimum Gasteiger partial charge on any atom is -0.508 e. The molecule has 4 aromatic rings. The highest BCUT2D eigenvalue weighted by Crippen LogP contribution is 2.47. The van der Waals surface area contributed by atoms with Crippen molar-refractivity contribution in [1.29, 1.82) is 0 Å². The van der Waals surface area contributed by atoms with E-state index in [1.165, 1.54) is 24.3 Å². The van der Waals surface area contributed by atoms with Crippen LogP contribution in [0.5, 0.6) is 11.5 Å². The number of nitrogens with zero attached hydrogens (tertiary/aromatic N) is 1. The number of aliphatic hydroxyl groups excluding tert-OH is 1. The van der Waals surface area contributed by atoms with Crippen LogP contribution in [0.1, 0.15) is 49.0 Å². The number of hydrogen-bond acceptors (Lipinski definition) is 4. The zero-order valence-corrected chi connectivity index (χ0v) is 20.9. The van der Waals surface area contributed by atoms with Crippen LogP contribution in [0.4, 0.5) is 10.1 Å². The number of hydrogen-bond donors (Lipinski definition) is 3. The van der Waals surface area contributed by atoms with Crippen molar-refractivity contribution in [3.63, 3.8) is 0 Å². The summed E-state index contributed by atoms with van der Waals surface area (Å²) in [6, 6.07) is 27.7. The van der Waals surface area contributed by atoms with Gasteiger partial charge in [0.25, 0.3) is 0 Å². The monoisotopic (exact) mass is 511 g/mol. The Hall–Kier alpha value is -4.16. The van der Waals surface area contributed by atoms with Gasteiger partial charge in [-0.1, -0.05) is 61.0 Å². The second-order valence-corrected chi connectivity index (χ2v) is 9.83. The van der Waals surface area contributed by atoms with Gasteiger partial charge in [-0.15, -0.1) is 0 Å². The predicted molar refractivity (Wildman–Crippen MR) is 145 cm³/mol. The summed E-state index contributed by atoms with van der Waals surface area (Å²) in [6.07, 6.45) is 1.34. The number of phenols is 2. The van der Waals surface area contributed by atoms with Gasteiger partial charge in [-0.3, -0.25) is 4.79 Å². The van der Waals surface area contributed by atoms with Gasteiger partial charge < -0.3 is 20.2 Å². The van der Waals surface area contributed by atoms with Gasteiger partial charge in [0.2, 0.25) is 5.91 Å². The van der Waals surface area contributed by atoms with E-state index in [1.54, 1.807) is 23.1 Å². The standard InChI is InChI=1S/C32H30FNO4/c33-25-13-9-23(10-14-25)29(36)8-4-7-24-19-31(38)34(32(24)28-18-17-27(35)20-30(28)37)26-15-11-22(12-16-26)21-5-2-1-3-6-21/h1-3,5-6,9-18,20,24,29,32,35-37H,4,7-8,19H2/t24-,29+,32-/m0/s1. The van der Waals surface area contributed by atoms with E-state index in [-0.39, 0.29) is 29.1 Å². The average molecular weight is 512 g/mol. The molecule has 3 atom stereocenters. The van der Waals surface area contributed by atoms with Crippen molar-refractivity contribution in [1.82, 2.24) is 0 Å². The fourth-order valence-electron chi connectivity index (χ4n) is 5.41. The molecule has 4 aromatic carbocycles. The van der Waals surface area contributed by atoms with Gasteiger partial charge in [0.1, 0.15) is 17.3 Å². The van der Waals surface area contributed by atoms with E-state index in [0.717, 1.165) is 16.8 Å². The topological polar surface area (TPSA) is 81.0 Å². The molecule has 1 heterocycles. The first kappa shape index (κ1) is 25.5. The Morgan fingerprint density at radius 1 is 0.868 bits per heavy atom. The molecule has 0 unspecified atom stereocenters. The molecule has 194 valence electrons. The lowest BCUT2D eigenvalue weighted by molar-refractivity contribution is -0.117. The fourth-order valence-corrected chi connectivity index (χ4v) is 5.41. The molecule has 1 fully saturated rings. The second-order valence-electron chi connectivity index (χ2n) is 9.83.